The van der Waals surface area contributed by atoms with Crippen LogP contribution in [0.15, 0.2) is 48.5 Å². The summed E-state index contributed by atoms with van der Waals surface area (Å²) < 4.78 is 1.06. The van der Waals surface area contributed by atoms with E-state index in [0.717, 1.165) is 15.8 Å². The van der Waals surface area contributed by atoms with Crippen LogP contribution in [-0.2, 0) is 9.59 Å². The lowest BCUT2D eigenvalue weighted by atomic mass is 10.2. The molecule has 2 aromatic carbocycles. The van der Waals surface area contributed by atoms with Gasteiger partial charge in [0.2, 0.25) is 5.91 Å². The van der Waals surface area contributed by atoms with E-state index in [2.05, 4.69) is 15.8 Å². The molecule has 0 spiro atoms. The number of fused-ring (bicyclic) bond motifs is 1. The van der Waals surface area contributed by atoms with Gasteiger partial charge in [-0.3, -0.25) is 15.0 Å². The molecular formula is C18H16N4O2S. The SMILES string of the molecule is Cc1ccc(N2C(=O)C[C@H](NNc3nc4ccccc4s3)C2=O)cc1. The molecule has 0 bridgehead atoms. The molecule has 1 fully saturated rings. The van der Waals surface area contributed by atoms with E-state index in [1.165, 1.54) is 16.2 Å². The third-order valence-corrected chi connectivity index (χ3v) is 5.04. The highest BCUT2D eigenvalue weighted by Crippen LogP contribution is 2.26. The maximum atomic E-state index is 12.6. The van der Waals surface area contributed by atoms with Gasteiger partial charge in [0.15, 0.2) is 5.13 Å². The molecule has 4 rings (SSSR count). The maximum Gasteiger partial charge on any atom is 0.253 e. The van der Waals surface area contributed by atoms with Gasteiger partial charge in [-0.1, -0.05) is 41.2 Å². The summed E-state index contributed by atoms with van der Waals surface area (Å²) in [4.78, 5) is 30.5. The Balaban J connectivity index is 1.47. The number of thiazole rings is 1. The first kappa shape index (κ1) is 15.7. The van der Waals surface area contributed by atoms with Crippen LogP contribution in [0.1, 0.15) is 12.0 Å². The lowest BCUT2D eigenvalue weighted by Gasteiger charge is -2.15. The Labute approximate surface area is 148 Å². The largest absolute Gasteiger partial charge is 0.296 e. The Hall–Kier alpha value is -2.77. The minimum absolute atomic E-state index is 0.116. The quantitative estimate of drug-likeness (QED) is 0.558. The van der Waals surface area contributed by atoms with Crippen molar-refractivity contribution in [3.63, 3.8) is 0 Å². The Morgan fingerprint density at radius 2 is 1.88 bits per heavy atom. The number of imide groups is 1. The molecule has 0 aliphatic carbocycles. The van der Waals surface area contributed by atoms with Gasteiger partial charge in [-0.2, -0.15) is 0 Å². The molecule has 0 unspecified atom stereocenters. The first-order chi connectivity index (χ1) is 12.1. The molecular weight excluding hydrogens is 336 g/mol. The highest BCUT2D eigenvalue weighted by atomic mass is 32.1. The zero-order chi connectivity index (χ0) is 17.4. The van der Waals surface area contributed by atoms with E-state index in [0.29, 0.717) is 10.8 Å². The predicted molar refractivity (Wildman–Crippen MR) is 98.5 cm³/mol. The second-order valence-electron chi connectivity index (χ2n) is 5.92. The lowest BCUT2D eigenvalue weighted by molar-refractivity contribution is -0.121. The van der Waals surface area contributed by atoms with Gasteiger partial charge in [0.25, 0.3) is 5.91 Å². The maximum absolute atomic E-state index is 12.6. The van der Waals surface area contributed by atoms with Crippen LogP contribution < -0.4 is 15.8 Å². The zero-order valence-electron chi connectivity index (χ0n) is 13.5. The number of hydrogen-bond donors (Lipinski definition) is 2. The third kappa shape index (κ3) is 2.99. The van der Waals surface area contributed by atoms with E-state index in [4.69, 9.17) is 0 Å². The van der Waals surface area contributed by atoms with E-state index in [1.807, 2.05) is 43.3 Å². The molecule has 1 aliphatic heterocycles. The Morgan fingerprint density at radius 3 is 2.64 bits per heavy atom. The Bertz CT molecular complexity index is 918. The fraction of sp³-hybridized carbons (Fsp3) is 0.167. The molecule has 1 saturated heterocycles. The minimum atomic E-state index is -0.610. The first-order valence-corrected chi connectivity index (χ1v) is 8.74. The first-order valence-electron chi connectivity index (χ1n) is 7.92. The van der Waals surface area contributed by atoms with Crippen molar-refractivity contribution in [3.8, 4) is 0 Å². The molecule has 2 amide bonds. The summed E-state index contributed by atoms with van der Waals surface area (Å²) in [6.07, 6.45) is 0.116. The van der Waals surface area contributed by atoms with Gasteiger partial charge in [0.05, 0.1) is 22.3 Å². The number of anilines is 2. The Morgan fingerprint density at radius 1 is 1.12 bits per heavy atom. The number of rotatable bonds is 4. The summed E-state index contributed by atoms with van der Waals surface area (Å²) >= 11 is 1.49. The number of nitrogens with zero attached hydrogens (tertiary/aromatic N) is 2. The summed E-state index contributed by atoms with van der Waals surface area (Å²) in [6, 6.07) is 14.5. The Kier molecular flexibility index (Phi) is 3.95. The van der Waals surface area contributed by atoms with Gasteiger partial charge < -0.3 is 0 Å². The number of benzene rings is 2. The van der Waals surface area contributed by atoms with E-state index in [1.54, 1.807) is 12.1 Å². The molecule has 25 heavy (non-hydrogen) atoms. The van der Waals surface area contributed by atoms with Gasteiger partial charge in [-0.05, 0) is 31.2 Å². The minimum Gasteiger partial charge on any atom is -0.296 e. The molecule has 1 aliphatic rings. The van der Waals surface area contributed by atoms with Gasteiger partial charge in [-0.25, -0.2) is 15.3 Å². The second-order valence-corrected chi connectivity index (χ2v) is 6.95. The number of aryl methyl sites for hydroxylation is 1. The molecule has 6 nitrogen and oxygen atoms in total. The fourth-order valence-corrected chi connectivity index (χ4v) is 3.61. The van der Waals surface area contributed by atoms with Crippen LogP contribution in [0.2, 0.25) is 0 Å². The summed E-state index contributed by atoms with van der Waals surface area (Å²) in [5.74, 6) is -0.472. The molecule has 1 atom stereocenters. The van der Waals surface area contributed by atoms with E-state index >= 15 is 0 Å². The number of carbonyl (C=O) groups is 2. The summed E-state index contributed by atoms with van der Waals surface area (Å²) in [5, 5.41) is 0.662. The summed E-state index contributed by atoms with van der Waals surface area (Å²) in [7, 11) is 0. The number of para-hydroxylation sites is 1. The van der Waals surface area contributed by atoms with Gasteiger partial charge in [0.1, 0.15) is 6.04 Å². The monoisotopic (exact) mass is 352 g/mol. The van der Waals surface area contributed by atoms with Crippen LogP contribution in [0.4, 0.5) is 10.8 Å². The normalized spacial score (nSPS) is 17.5. The molecule has 126 valence electrons. The van der Waals surface area contributed by atoms with Gasteiger partial charge in [0, 0.05) is 0 Å². The van der Waals surface area contributed by atoms with Crippen LogP contribution in [0, 0.1) is 6.92 Å². The predicted octanol–water partition coefficient (Wildman–Crippen LogP) is 2.85. The van der Waals surface area contributed by atoms with E-state index in [-0.39, 0.29) is 18.2 Å². The molecule has 2 N–H and O–H groups in total. The van der Waals surface area contributed by atoms with Crippen LogP contribution in [0.5, 0.6) is 0 Å². The van der Waals surface area contributed by atoms with Crippen molar-refractivity contribution in [1.82, 2.24) is 10.4 Å². The fourth-order valence-electron chi connectivity index (χ4n) is 2.78. The van der Waals surface area contributed by atoms with E-state index in [9.17, 15) is 9.59 Å². The van der Waals surface area contributed by atoms with Crippen LogP contribution in [0.3, 0.4) is 0 Å². The van der Waals surface area contributed by atoms with Crippen molar-refractivity contribution in [3.05, 3.63) is 54.1 Å². The van der Waals surface area contributed by atoms with Crippen molar-refractivity contribution in [2.24, 2.45) is 0 Å². The molecule has 0 radical (unpaired) electrons. The van der Waals surface area contributed by atoms with Crippen molar-refractivity contribution in [2.45, 2.75) is 19.4 Å². The van der Waals surface area contributed by atoms with E-state index < -0.39 is 6.04 Å². The molecule has 7 heteroatoms. The van der Waals surface area contributed by atoms with Crippen LogP contribution >= 0.6 is 11.3 Å². The average Bonchev–Trinajstić information content (AvgIpc) is 3.14. The number of aromatic nitrogens is 1. The molecule has 2 heterocycles. The van der Waals surface area contributed by atoms with Crippen molar-refractivity contribution in [2.75, 3.05) is 10.3 Å². The molecule has 0 saturated carbocycles. The van der Waals surface area contributed by atoms with Crippen molar-refractivity contribution >= 4 is 44.2 Å². The van der Waals surface area contributed by atoms with Crippen LogP contribution in [0.25, 0.3) is 10.2 Å². The van der Waals surface area contributed by atoms with Crippen LogP contribution in [-0.4, -0.2) is 22.8 Å². The number of amides is 2. The molecule has 3 aromatic rings. The standard InChI is InChI=1S/C18H16N4O2S/c1-11-6-8-12(9-7-11)22-16(23)10-14(17(22)24)20-21-18-19-13-4-2-3-5-15(13)25-18/h2-9,14,20H,10H2,1H3,(H,19,21)/t14-/m0/s1. The number of carbonyl (C=O) groups excluding carboxylic acids is 2. The lowest BCUT2D eigenvalue weighted by Crippen LogP contribution is -2.41. The topological polar surface area (TPSA) is 74.3 Å². The third-order valence-electron chi connectivity index (χ3n) is 4.09. The highest BCUT2D eigenvalue weighted by molar-refractivity contribution is 7.22. The zero-order valence-corrected chi connectivity index (χ0v) is 14.3. The number of hydrogen-bond acceptors (Lipinski definition) is 6. The summed E-state index contributed by atoms with van der Waals surface area (Å²) in [5.41, 5.74) is 8.48. The second kappa shape index (κ2) is 6.27. The highest BCUT2D eigenvalue weighted by Gasteiger charge is 2.39. The smallest absolute Gasteiger partial charge is 0.253 e. The summed E-state index contributed by atoms with van der Waals surface area (Å²) in [6.45, 7) is 1.96. The van der Waals surface area contributed by atoms with Crippen molar-refractivity contribution < 1.29 is 9.59 Å². The number of hydrazine groups is 1. The number of nitrogens with one attached hydrogen (secondary N) is 2. The van der Waals surface area contributed by atoms with Gasteiger partial charge >= 0.3 is 0 Å². The average molecular weight is 352 g/mol. The van der Waals surface area contributed by atoms with Gasteiger partial charge in [-0.15, -0.1) is 0 Å². The van der Waals surface area contributed by atoms with Crippen molar-refractivity contribution in [1.29, 1.82) is 0 Å². The molecule has 1 aromatic heterocycles.